The van der Waals surface area contributed by atoms with Crippen molar-refractivity contribution in [1.29, 1.82) is 0 Å². The molecule has 0 amide bonds. The number of benzene rings is 8. The van der Waals surface area contributed by atoms with Gasteiger partial charge in [0, 0.05) is 49.4 Å². The molecule has 0 saturated carbocycles. The molecule has 1 atom stereocenters. The van der Waals surface area contributed by atoms with E-state index >= 15 is 0 Å². The predicted molar refractivity (Wildman–Crippen MR) is 224 cm³/mol. The van der Waals surface area contributed by atoms with Crippen LogP contribution in [0.15, 0.2) is 198 Å². The Morgan fingerprint density at radius 1 is 0.426 bits per heavy atom. The highest BCUT2D eigenvalue weighted by atomic mass is 15.2. The number of nitrogens with one attached hydrogen (secondary N) is 1. The summed E-state index contributed by atoms with van der Waals surface area (Å²) >= 11 is 0. The van der Waals surface area contributed by atoms with E-state index in [4.69, 9.17) is 9.98 Å². The Balaban J connectivity index is 1.11. The summed E-state index contributed by atoms with van der Waals surface area (Å²) in [7, 11) is 0. The number of hydrogen-bond acceptors (Lipinski definition) is 3. The van der Waals surface area contributed by atoms with Crippen LogP contribution in [0.3, 0.4) is 0 Å². The second-order valence-corrected chi connectivity index (χ2v) is 13.9. The van der Waals surface area contributed by atoms with Crippen LogP contribution in [-0.2, 0) is 0 Å². The largest absolute Gasteiger partial charge is 0.344 e. The number of aliphatic imine (C=N–C) groups is 2. The highest BCUT2D eigenvalue weighted by Crippen LogP contribution is 2.41. The summed E-state index contributed by atoms with van der Waals surface area (Å²) in [5, 5.41) is 11.0. The Hall–Kier alpha value is -7.24. The number of hydrogen-bond donors (Lipinski definition) is 1. The van der Waals surface area contributed by atoms with Crippen molar-refractivity contribution in [2.75, 3.05) is 0 Å². The molecule has 0 bridgehead atoms. The topological polar surface area (TPSA) is 46.6 Å². The summed E-state index contributed by atoms with van der Waals surface area (Å²) < 4.78 is 4.84. The van der Waals surface area contributed by atoms with E-state index < -0.39 is 0 Å². The van der Waals surface area contributed by atoms with Crippen LogP contribution in [0.25, 0.3) is 65.8 Å². The van der Waals surface area contributed by atoms with Crippen molar-refractivity contribution in [2.45, 2.75) is 6.17 Å². The van der Waals surface area contributed by atoms with Gasteiger partial charge in [-0.15, -0.1) is 0 Å². The van der Waals surface area contributed by atoms with Crippen molar-refractivity contribution in [3.05, 3.63) is 205 Å². The molecular weight excluding hydrogens is 659 g/mol. The number of fused-ring (bicyclic) bond motifs is 8. The monoisotopic (exact) mass is 691 g/mol. The number of amidine groups is 2. The minimum Gasteiger partial charge on any atom is -0.344 e. The van der Waals surface area contributed by atoms with Crippen molar-refractivity contribution in [3.63, 3.8) is 0 Å². The minimum atomic E-state index is -0.248. The number of aromatic nitrogens is 2. The zero-order valence-corrected chi connectivity index (χ0v) is 29.3. The van der Waals surface area contributed by atoms with Crippen LogP contribution in [0, 0.1) is 0 Å². The Morgan fingerprint density at radius 3 is 1.85 bits per heavy atom. The first kappa shape index (κ1) is 30.4. The smallest absolute Gasteiger partial charge is 0.159 e. The summed E-state index contributed by atoms with van der Waals surface area (Å²) in [5.41, 5.74) is 10.1. The molecule has 54 heavy (non-hydrogen) atoms. The number of rotatable bonds is 5. The average molecular weight is 692 g/mol. The Kier molecular flexibility index (Phi) is 6.85. The van der Waals surface area contributed by atoms with Crippen molar-refractivity contribution >= 4 is 66.1 Å². The molecule has 1 unspecified atom stereocenters. The molecule has 0 spiro atoms. The van der Waals surface area contributed by atoms with E-state index in [-0.39, 0.29) is 6.17 Å². The highest BCUT2D eigenvalue weighted by molar-refractivity contribution is 6.23. The van der Waals surface area contributed by atoms with E-state index in [1.807, 2.05) is 24.3 Å². The summed E-state index contributed by atoms with van der Waals surface area (Å²) in [5.74, 6) is 1.52. The Morgan fingerprint density at radius 2 is 1.06 bits per heavy atom. The second kappa shape index (κ2) is 12.2. The molecule has 0 saturated heterocycles. The van der Waals surface area contributed by atoms with Gasteiger partial charge in [-0.25, -0.2) is 9.98 Å². The molecule has 1 aliphatic heterocycles. The summed E-state index contributed by atoms with van der Waals surface area (Å²) in [6, 6.07) is 66.8. The molecule has 5 heteroatoms. The molecule has 10 aromatic rings. The third kappa shape index (κ3) is 4.79. The van der Waals surface area contributed by atoms with Crippen molar-refractivity contribution in [2.24, 2.45) is 9.98 Å². The summed E-state index contributed by atoms with van der Waals surface area (Å²) in [6.45, 7) is 0. The molecule has 1 aliphatic rings. The summed E-state index contributed by atoms with van der Waals surface area (Å²) in [6.07, 6.45) is -0.248. The zero-order chi connectivity index (χ0) is 35.6. The number of para-hydroxylation sites is 2. The van der Waals surface area contributed by atoms with Crippen LogP contribution in [0.2, 0.25) is 0 Å². The molecule has 11 rings (SSSR count). The fourth-order valence-corrected chi connectivity index (χ4v) is 8.25. The lowest BCUT2D eigenvalue weighted by Crippen LogP contribution is -2.33. The highest BCUT2D eigenvalue weighted by Gasteiger charge is 2.22. The van der Waals surface area contributed by atoms with Gasteiger partial charge < -0.3 is 14.5 Å². The number of nitrogens with zero attached hydrogens (tertiary/aromatic N) is 4. The van der Waals surface area contributed by atoms with Gasteiger partial charge >= 0.3 is 0 Å². The van der Waals surface area contributed by atoms with E-state index in [2.05, 4.69) is 178 Å². The molecular formula is C49H33N5. The molecule has 0 fully saturated rings. The molecule has 0 radical (unpaired) electrons. The zero-order valence-electron chi connectivity index (χ0n) is 29.3. The lowest BCUT2D eigenvalue weighted by Gasteiger charge is -2.23. The molecule has 0 aliphatic carbocycles. The molecule has 2 aromatic heterocycles. The maximum Gasteiger partial charge on any atom is 0.159 e. The van der Waals surface area contributed by atoms with Crippen LogP contribution < -0.4 is 5.32 Å². The standard InChI is InChI=1S/C49H33N5/c1-4-15-33(16-5-1)47-50-48(34-17-6-2-7-18-34)52-49(51-47)35-24-27-37(28-25-35)53-43-23-13-12-22-39(43)41-30-42-40-29-26-32-14-10-11-21-38(32)46(40)54(45(42)31-44(41)53)36-19-8-3-9-20-36/h1-31,47H,(H,50,51,52). The quantitative estimate of drug-likeness (QED) is 0.192. The van der Waals surface area contributed by atoms with Gasteiger partial charge in [0.05, 0.1) is 22.1 Å². The van der Waals surface area contributed by atoms with Gasteiger partial charge in [-0.1, -0.05) is 133 Å². The van der Waals surface area contributed by atoms with Crippen LogP contribution in [0.4, 0.5) is 0 Å². The first-order valence-electron chi connectivity index (χ1n) is 18.4. The van der Waals surface area contributed by atoms with Gasteiger partial charge in [0.15, 0.2) is 5.84 Å². The van der Waals surface area contributed by atoms with Gasteiger partial charge in [0.25, 0.3) is 0 Å². The first-order chi connectivity index (χ1) is 26.8. The SMILES string of the molecule is c1ccc(C2=NC(c3ccc(-n4c5ccccc5c5cc6c7ccc8ccccc8c7n(-c7ccccc7)c6cc54)cc3)=NC(c3ccccc3)N2)cc1. The minimum absolute atomic E-state index is 0.248. The summed E-state index contributed by atoms with van der Waals surface area (Å²) in [4.78, 5) is 10.2. The third-order valence-electron chi connectivity index (χ3n) is 10.7. The van der Waals surface area contributed by atoms with E-state index in [1.165, 1.54) is 48.9 Å². The van der Waals surface area contributed by atoms with Gasteiger partial charge in [-0.3, -0.25) is 0 Å². The molecule has 3 heterocycles. The average Bonchev–Trinajstić information content (AvgIpc) is 3.76. The van der Waals surface area contributed by atoms with Gasteiger partial charge in [0.1, 0.15) is 12.0 Å². The molecule has 1 N–H and O–H groups in total. The van der Waals surface area contributed by atoms with E-state index in [0.29, 0.717) is 5.84 Å². The van der Waals surface area contributed by atoms with E-state index in [1.54, 1.807) is 0 Å². The van der Waals surface area contributed by atoms with Gasteiger partial charge in [0.2, 0.25) is 0 Å². The van der Waals surface area contributed by atoms with Crippen LogP contribution in [0.5, 0.6) is 0 Å². The van der Waals surface area contributed by atoms with Crippen LogP contribution in [-0.4, -0.2) is 20.8 Å². The van der Waals surface area contributed by atoms with Crippen LogP contribution in [0.1, 0.15) is 22.9 Å². The molecule has 8 aromatic carbocycles. The van der Waals surface area contributed by atoms with E-state index in [0.717, 1.165) is 39.4 Å². The van der Waals surface area contributed by atoms with Crippen molar-refractivity contribution in [1.82, 2.24) is 14.5 Å². The van der Waals surface area contributed by atoms with Crippen molar-refractivity contribution in [3.8, 4) is 11.4 Å². The molecule has 5 nitrogen and oxygen atoms in total. The lowest BCUT2D eigenvalue weighted by atomic mass is 10.0. The van der Waals surface area contributed by atoms with Gasteiger partial charge in [-0.05, 0) is 65.5 Å². The Labute approximate surface area is 311 Å². The fourth-order valence-electron chi connectivity index (χ4n) is 8.25. The maximum absolute atomic E-state index is 5.11. The van der Waals surface area contributed by atoms with Crippen LogP contribution >= 0.6 is 0 Å². The lowest BCUT2D eigenvalue weighted by molar-refractivity contribution is 0.674. The van der Waals surface area contributed by atoms with E-state index in [9.17, 15) is 0 Å². The first-order valence-corrected chi connectivity index (χ1v) is 18.4. The third-order valence-corrected chi connectivity index (χ3v) is 10.7. The van der Waals surface area contributed by atoms with Crippen molar-refractivity contribution < 1.29 is 0 Å². The second-order valence-electron chi connectivity index (χ2n) is 13.9. The maximum atomic E-state index is 5.11. The fraction of sp³-hybridized carbons (Fsp3) is 0.0204. The molecule has 254 valence electrons. The normalized spacial score (nSPS) is 14.5. The predicted octanol–water partition coefficient (Wildman–Crippen LogP) is 11.5. The Bertz CT molecular complexity index is 3100. The van der Waals surface area contributed by atoms with Gasteiger partial charge in [-0.2, -0.15) is 0 Å².